The molecule has 100 valence electrons. The number of halogens is 1. The maximum Gasteiger partial charge on any atom is 0.126 e. The summed E-state index contributed by atoms with van der Waals surface area (Å²) in [5.74, 6) is -0.330. The predicted octanol–water partition coefficient (Wildman–Crippen LogP) is 3.25. The van der Waals surface area contributed by atoms with Crippen molar-refractivity contribution in [3.05, 3.63) is 35.1 Å². The maximum atomic E-state index is 13.5. The second-order valence-electron chi connectivity index (χ2n) is 5.43. The van der Waals surface area contributed by atoms with Gasteiger partial charge in [0.15, 0.2) is 0 Å². The fraction of sp³-hybridized carbons (Fsp3) is 0.600. The predicted molar refractivity (Wildman–Crippen MR) is 68.7 cm³/mol. The second-order valence-corrected chi connectivity index (χ2v) is 5.43. The minimum atomic E-state index is -1.10. The summed E-state index contributed by atoms with van der Waals surface area (Å²) >= 11 is 0. The van der Waals surface area contributed by atoms with E-state index >= 15 is 0 Å². The highest BCUT2D eigenvalue weighted by Gasteiger charge is 2.36. The molecule has 1 aliphatic carbocycles. The SMILES string of the molecule is Cc1ccc(C(O)C2(O)CCCCCC2)cc1F. The molecule has 2 rings (SSSR count). The summed E-state index contributed by atoms with van der Waals surface area (Å²) in [5.41, 5.74) is -0.0700. The van der Waals surface area contributed by atoms with Gasteiger partial charge in [0, 0.05) is 0 Å². The first-order valence-electron chi connectivity index (χ1n) is 6.69. The van der Waals surface area contributed by atoms with Gasteiger partial charge in [-0.2, -0.15) is 0 Å². The van der Waals surface area contributed by atoms with Crippen LogP contribution in [0.3, 0.4) is 0 Å². The molecule has 1 aromatic carbocycles. The zero-order valence-corrected chi connectivity index (χ0v) is 10.8. The molecule has 1 saturated carbocycles. The van der Waals surface area contributed by atoms with Crippen molar-refractivity contribution in [1.29, 1.82) is 0 Å². The van der Waals surface area contributed by atoms with Crippen molar-refractivity contribution in [3.8, 4) is 0 Å². The average molecular weight is 252 g/mol. The summed E-state index contributed by atoms with van der Waals surface area (Å²) in [6, 6.07) is 4.68. The molecule has 0 bridgehead atoms. The minimum Gasteiger partial charge on any atom is -0.387 e. The van der Waals surface area contributed by atoms with E-state index in [0.29, 0.717) is 24.0 Å². The van der Waals surface area contributed by atoms with Gasteiger partial charge < -0.3 is 10.2 Å². The fourth-order valence-electron chi connectivity index (χ4n) is 2.70. The highest BCUT2D eigenvalue weighted by atomic mass is 19.1. The summed E-state index contributed by atoms with van der Waals surface area (Å²) in [5, 5.41) is 20.9. The van der Waals surface area contributed by atoms with Gasteiger partial charge in [0.25, 0.3) is 0 Å². The number of rotatable bonds is 2. The zero-order chi connectivity index (χ0) is 13.2. The van der Waals surface area contributed by atoms with Crippen LogP contribution in [0.4, 0.5) is 4.39 Å². The Morgan fingerprint density at radius 3 is 2.33 bits per heavy atom. The van der Waals surface area contributed by atoms with Crippen LogP contribution >= 0.6 is 0 Å². The van der Waals surface area contributed by atoms with E-state index < -0.39 is 11.7 Å². The quantitative estimate of drug-likeness (QED) is 0.793. The standard InChI is InChI=1S/C15H21FO2/c1-11-6-7-12(10-13(11)16)14(17)15(18)8-4-2-3-5-9-15/h6-7,10,14,17-18H,2-5,8-9H2,1H3. The van der Waals surface area contributed by atoms with E-state index in [1.54, 1.807) is 19.1 Å². The number of hydrogen-bond acceptors (Lipinski definition) is 2. The number of hydrogen-bond donors (Lipinski definition) is 2. The van der Waals surface area contributed by atoms with Gasteiger partial charge in [-0.15, -0.1) is 0 Å². The van der Waals surface area contributed by atoms with Crippen LogP contribution in [0.2, 0.25) is 0 Å². The summed E-state index contributed by atoms with van der Waals surface area (Å²) in [4.78, 5) is 0. The molecule has 0 heterocycles. The van der Waals surface area contributed by atoms with Crippen LogP contribution in [0.1, 0.15) is 55.8 Å². The summed E-state index contributed by atoms with van der Waals surface area (Å²) in [7, 11) is 0. The maximum absolute atomic E-state index is 13.5. The molecule has 1 aliphatic rings. The number of aryl methyl sites for hydroxylation is 1. The highest BCUT2D eigenvalue weighted by Crippen LogP contribution is 2.37. The van der Waals surface area contributed by atoms with E-state index in [-0.39, 0.29) is 5.82 Å². The molecule has 2 N–H and O–H groups in total. The minimum absolute atomic E-state index is 0.330. The lowest BCUT2D eigenvalue weighted by atomic mass is 9.84. The van der Waals surface area contributed by atoms with E-state index in [1.165, 1.54) is 6.07 Å². The molecule has 1 aromatic rings. The van der Waals surface area contributed by atoms with E-state index in [9.17, 15) is 14.6 Å². The molecule has 0 spiro atoms. The molecule has 1 unspecified atom stereocenters. The Hall–Kier alpha value is -0.930. The van der Waals surface area contributed by atoms with Crippen LogP contribution in [0, 0.1) is 12.7 Å². The van der Waals surface area contributed by atoms with Gasteiger partial charge in [-0.05, 0) is 37.0 Å². The molecular formula is C15H21FO2. The second kappa shape index (κ2) is 5.37. The Kier molecular flexibility index (Phi) is 4.03. The Balaban J connectivity index is 2.22. The lowest BCUT2D eigenvalue weighted by Gasteiger charge is -2.32. The van der Waals surface area contributed by atoms with Crippen molar-refractivity contribution >= 4 is 0 Å². The molecule has 2 nitrogen and oxygen atoms in total. The molecule has 0 aromatic heterocycles. The van der Waals surface area contributed by atoms with Gasteiger partial charge in [-0.3, -0.25) is 0 Å². The van der Waals surface area contributed by atoms with Crippen molar-refractivity contribution in [2.75, 3.05) is 0 Å². The Morgan fingerprint density at radius 1 is 1.17 bits per heavy atom. The van der Waals surface area contributed by atoms with Crippen molar-refractivity contribution < 1.29 is 14.6 Å². The van der Waals surface area contributed by atoms with Crippen molar-refractivity contribution in [3.63, 3.8) is 0 Å². The number of aliphatic hydroxyl groups is 2. The van der Waals surface area contributed by atoms with Crippen molar-refractivity contribution in [2.45, 2.75) is 57.2 Å². The molecule has 0 aliphatic heterocycles. The van der Waals surface area contributed by atoms with Crippen LogP contribution in [-0.2, 0) is 0 Å². The van der Waals surface area contributed by atoms with Crippen LogP contribution < -0.4 is 0 Å². The summed E-state index contributed by atoms with van der Waals surface area (Å²) < 4.78 is 13.5. The third-order valence-electron chi connectivity index (χ3n) is 3.99. The van der Waals surface area contributed by atoms with Gasteiger partial charge in [0.2, 0.25) is 0 Å². The monoisotopic (exact) mass is 252 g/mol. The first-order valence-corrected chi connectivity index (χ1v) is 6.69. The van der Waals surface area contributed by atoms with E-state index in [4.69, 9.17) is 0 Å². The summed E-state index contributed by atoms with van der Waals surface area (Å²) in [6.07, 6.45) is 4.21. The van der Waals surface area contributed by atoms with E-state index in [2.05, 4.69) is 0 Å². The van der Waals surface area contributed by atoms with Crippen LogP contribution in [0.15, 0.2) is 18.2 Å². The van der Waals surface area contributed by atoms with Crippen molar-refractivity contribution in [2.24, 2.45) is 0 Å². The lowest BCUT2D eigenvalue weighted by molar-refractivity contribution is -0.0868. The zero-order valence-electron chi connectivity index (χ0n) is 10.8. The largest absolute Gasteiger partial charge is 0.387 e. The van der Waals surface area contributed by atoms with Crippen LogP contribution in [-0.4, -0.2) is 15.8 Å². The van der Waals surface area contributed by atoms with Gasteiger partial charge in [0.1, 0.15) is 11.9 Å². The number of benzene rings is 1. The Labute approximate surface area is 107 Å². The first-order chi connectivity index (χ1) is 8.53. The highest BCUT2D eigenvalue weighted by molar-refractivity contribution is 5.26. The van der Waals surface area contributed by atoms with Crippen molar-refractivity contribution in [1.82, 2.24) is 0 Å². The molecule has 0 amide bonds. The first kappa shape index (κ1) is 13.5. The Morgan fingerprint density at radius 2 is 1.78 bits per heavy atom. The molecule has 0 saturated heterocycles. The molecule has 1 fully saturated rings. The molecule has 0 radical (unpaired) electrons. The molecule has 18 heavy (non-hydrogen) atoms. The Bertz CT molecular complexity index is 409. The summed E-state index contributed by atoms with van der Waals surface area (Å²) in [6.45, 7) is 1.69. The van der Waals surface area contributed by atoms with Gasteiger partial charge in [-0.25, -0.2) is 4.39 Å². The molecule has 1 atom stereocenters. The van der Waals surface area contributed by atoms with E-state index in [1.807, 2.05) is 0 Å². The fourth-order valence-corrected chi connectivity index (χ4v) is 2.70. The smallest absolute Gasteiger partial charge is 0.126 e. The van der Waals surface area contributed by atoms with Crippen LogP contribution in [0.5, 0.6) is 0 Å². The number of aliphatic hydroxyl groups excluding tert-OH is 1. The third-order valence-corrected chi connectivity index (χ3v) is 3.99. The lowest BCUT2D eigenvalue weighted by Crippen LogP contribution is -2.35. The van der Waals surface area contributed by atoms with E-state index in [0.717, 1.165) is 25.7 Å². The van der Waals surface area contributed by atoms with Gasteiger partial charge in [-0.1, -0.05) is 37.8 Å². The topological polar surface area (TPSA) is 40.5 Å². The van der Waals surface area contributed by atoms with Gasteiger partial charge in [0.05, 0.1) is 5.60 Å². The van der Waals surface area contributed by atoms with Crippen LogP contribution in [0.25, 0.3) is 0 Å². The molecule has 3 heteroatoms. The molecular weight excluding hydrogens is 231 g/mol. The average Bonchev–Trinajstić information content (AvgIpc) is 2.58. The normalized spacial score (nSPS) is 21.3. The van der Waals surface area contributed by atoms with Gasteiger partial charge >= 0.3 is 0 Å². The third kappa shape index (κ3) is 2.73.